The number of para-hydroxylation sites is 1. The smallest absolute Gasteiger partial charge is 0.0925 e. The Hall–Kier alpha value is -4.37. The molecule has 5 rings (SSSR count). The summed E-state index contributed by atoms with van der Waals surface area (Å²) in [5.74, 6) is 0. The quantitative estimate of drug-likeness (QED) is 0.232. The maximum atomic E-state index is 5.25. The third-order valence-corrected chi connectivity index (χ3v) is 7.17. The topological polar surface area (TPSA) is 37.1 Å². The van der Waals surface area contributed by atoms with E-state index in [1.54, 1.807) is 0 Å². The summed E-state index contributed by atoms with van der Waals surface area (Å²) in [7, 11) is 0. The van der Waals surface area contributed by atoms with Crippen LogP contribution in [0.5, 0.6) is 0 Å². The third-order valence-electron chi connectivity index (χ3n) is 7.17. The molecule has 1 unspecified atom stereocenters. The Morgan fingerprint density at radius 2 is 1.28 bits per heavy atom. The fourth-order valence-electron chi connectivity index (χ4n) is 5.25. The van der Waals surface area contributed by atoms with Crippen molar-refractivity contribution in [3.63, 3.8) is 0 Å². The van der Waals surface area contributed by atoms with Gasteiger partial charge in [0.2, 0.25) is 0 Å². The van der Waals surface area contributed by atoms with E-state index >= 15 is 0 Å². The molecule has 0 fully saturated rings. The van der Waals surface area contributed by atoms with Crippen molar-refractivity contribution in [3.05, 3.63) is 120 Å². The number of nitrogens with zero attached hydrogens (tertiary/aromatic N) is 3. The van der Waals surface area contributed by atoms with Crippen LogP contribution in [0.1, 0.15) is 37.0 Å². The predicted octanol–water partition coefficient (Wildman–Crippen LogP) is 9.60. The Kier molecular flexibility index (Phi) is 7.79. The summed E-state index contributed by atoms with van der Waals surface area (Å²) in [6.07, 6.45) is 5.06. The van der Waals surface area contributed by atoms with Crippen molar-refractivity contribution in [2.24, 2.45) is 15.0 Å². The van der Waals surface area contributed by atoms with E-state index in [0.29, 0.717) is 0 Å². The molecule has 0 aliphatic carbocycles. The van der Waals surface area contributed by atoms with Gasteiger partial charge in [-0.25, -0.2) is 0 Å². The maximum absolute atomic E-state index is 5.25. The first-order chi connectivity index (χ1) is 18.9. The predicted molar refractivity (Wildman–Crippen MR) is 168 cm³/mol. The highest BCUT2D eigenvalue weighted by Gasteiger charge is 2.19. The van der Waals surface area contributed by atoms with Crippen LogP contribution >= 0.6 is 0 Å². The first kappa shape index (κ1) is 26.2. The summed E-state index contributed by atoms with van der Waals surface area (Å²) in [4.78, 5) is 15.4. The number of hydrogen-bond donors (Lipinski definition) is 0. The van der Waals surface area contributed by atoms with Crippen molar-refractivity contribution >= 4 is 28.5 Å². The summed E-state index contributed by atoms with van der Waals surface area (Å²) in [6, 6.07) is 31.7. The lowest BCUT2D eigenvalue weighted by atomic mass is 9.96. The molecule has 1 heterocycles. The molecule has 0 bridgehead atoms. The molecule has 194 valence electrons. The van der Waals surface area contributed by atoms with Crippen molar-refractivity contribution in [1.82, 2.24) is 0 Å². The second-order valence-electron chi connectivity index (χ2n) is 10.2. The van der Waals surface area contributed by atoms with Crippen molar-refractivity contribution in [1.29, 1.82) is 0 Å². The summed E-state index contributed by atoms with van der Waals surface area (Å²) in [6.45, 7) is 10.6. The van der Waals surface area contributed by atoms with E-state index in [4.69, 9.17) is 15.0 Å². The van der Waals surface area contributed by atoms with Crippen molar-refractivity contribution in [2.45, 2.75) is 47.1 Å². The minimum Gasteiger partial charge on any atom is -0.274 e. The lowest BCUT2D eigenvalue weighted by Gasteiger charge is -2.19. The van der Waals surface area contributed by atoms with Crippen LogP contribution < -0.4 is 0 Å². The van der Waals surface area contributed by atoms with Gasteiger partial charge in [0, 0.05) is 11.1 Å². The van der Waals surface area contributed by atoms with Gasteiger partial charge in [-0.15, -0.1) is 0 Å². The van der Waals surface area contributed by atoms with Gasteiger partial charge in [0.1, 0.15) is 0 Å². The summed E-state index contributed by atoms with van der Waals surface area (Å²) in [5.41, 5.74) is 13.0. The molecular weight excluding hydrogens is 474 g/mol. The Morgan fingerprint density at radius 1 is 0.718 bits per heavy atom. The van der Waals surface area contributed by atoms with E-state index < -0.39 is 0 Å². The van der Waals surface area contributed by atoms with Gasteiger partial charge in [-0.1, -0.05) is 103 Å². The molecule has 4 aromatic carbocycles. The van der Waals surface area contributed by atoms with Gasteiger partial charge in [0.05, 0.1) is 34.6 Å². The van der Waals surface area contributed by atoms with E-state index in [-0.39, 0.29) is 6.04 Å². The van der Waals surface area contributed by atoms with Gasteiger partial charge in [-0.2, -0.15) is 0 Å². The zero-order chi connectivity index (χ0) is 27.4. The number of aliphatic imine (C=N–C) groups is 3. The van der Waals surface area contributed by atoms with Gasteiger partial charge >= 0.3 is 0 Å². The van der Waals surface area contributed by atoms with Gasteiger partial charge in [-0.05, 0) is 68.5 Å². The standard InChI is InChI=1S/C36H35N3/c1-6-32-34(39-35-25(3)22-24(2)23-26(35)4)21-20-33(38-32)27(5)37-36-30(28-14-9-7-10-15-28)18-13-19-31(36)29-16-11-8-12-17-29/h7-23,32H,6H2,1-5H3. The third kappa shape index (κ3) is 5.73. The van der Waals surface area contributed by atoms with E-state index in [0.717, 1.165) is 57.2 Å². The van der Waals surface area contributed by atoms with E-state index in [9.17, 15) is 0 Å². The highest BCUT2D eigenvalue weighted by molar-refractivity contribution is 6.47. The molecular formula is C36H35N3. The van der Waals surface area contributed by atoms with Crippen molar-refractivity contribution < 1.29 is 0 Å². The average Bonchev–Trinajstić information content (AvgIpc) is 2.96. The normalized spacial score (nSPS) is 16.4. The molecule has 0 saturated heterocycles. The van der Waals surface area contributed by atoms with Crippen LogP contribution in [0.3, 0.4) is 0 Å². The molecule has 0 spiro atoms. The average molecular weight is 510 g/mol. The second-order valence-corrected chi connectivity index (χ2v) is 10.2. The number of benzene rings is 4. The Morgan fingerprint density at radius 3 is 1.82 bits per heavy atom. The van der Waals surface area contributed by atoms with Crippen molar-refractivity contribution in [3.8, 4) is 22.3 Å². The second kappa shape index (κ2) is 11.6. The zero-order valence-corrected chi connectivity index (χ0v) is 23.4. The Bertz CT molecular complexity index is 1530. The number of hydrogen-bond acceptors (Lipinski definition) is 3. The van der Waals surface area contributed by atoms with Crippen LogP contribution in [0.2, 0.25) is 0 Å². The molecule has 1 aliphatic rings. The van der Waals surface area contributed by atoms with Crippen LogP contribution in [0.25, 0.3) is 22.3 Å². The molecule has 0 N–H and O–H groups in total. The monoisotopic (exact) mass is 509 g/mol. The lowest BCUT2D eigenvalue weighted by molar-refractivity contribution is 0.822. The van der Waals surface area contributed by atoms with Crippen molar-refractivity contribution in [2.75, 3.05) is 0 Å². The molecule has 0 saturated carbocycles. The summed E-state index contributed by atoms with van der Waals surface area (Å²) < 4.78 is 0. The van der Waals surface area contributed by atoms with Gasteiger partial charge in [0.15, 0.2) is 0 Å². The van der Waals surface area contributed by atoms with E-state index in [1.165, 1.54) is 16.7 Å². The molecule has 3 nitrogen and oxygen atoms in total. The highest BCUT2D eigenvalue weighted by atomic mass is 14.9. The fourth-order valence-corrected chi connectivity index (χ4v) is 5.25. The van der Waals surface area contributed by atoms with Crippen LogP contribution in [-0.2, 0) is 0 Å². The Balaban J connectivity index is 1.57. The molecule has 1 aliphatic heterocycles. The molecule has 4 aromatic rings. The van der Waals surface area contributed by atoms with Crippen LogP contribution in [0, 0.1) is 20.8 Å². The first-order valence-electron chi connectivity index (χ1n) is 13.7. The van der Waals surface area contributed by atoms with Crippen LogP contribution in [0.15, 0.2) is 118 Å². The largest absolute Gasteiger partial charge is 0.274 e. The SMILES string of the molecule is CCC1N=C(C(C)=Nc2c(-c3ccccc3)cccc2-c2ccccc2)C=CC1=Nc1c(C)cc(C)cc1C. The van der Waals surface area contributed by atoms with E-state index in [2.05, 4.69) is 126 Å². The minimum absolute atomic E-state index is 0.00628. The summed E-state index contributed by atoms with van der Waals surface area (Å²) >= 11 is 0. The molecule has 0 aromatic heterocycles. The van der Waals surface area contributed by atoms with Gasteiger partial charge in [-0.3, -0.25) is 15.0 Å². The Labute approximate surface area is 232 Å². The summed E-state index contributed by atoms with van der Waals surface area (Å²) in [5, 5.41) is 0. The lowest BCUT2D eigenvalue weighted by Crippen LogP contribution is -2.24. The minimum atomic E-state index is -0.00628. The molecule has 39 heavy (non-hydrogen) atoms. The molecule has 3 heteroatoms. The molecule has 1 atom stereocenters. The van der Waals surface area contributed by atoms with Gasteiger partial charge < -0.3 is 0 Å². The molecule has 0 radical (unpaired) electrons. The van der Waals surface area contributed by atoms with Gasteiger partial charge in [0.25, 0.3) is 0 Å². The number of dihydropyridines is 1. The van der Waals surface area contributed by atoms with Crippen LogP contribution in [0.4, 0.5) is 11.4 Å². The maximum Gasteiger partial charge on any atom is 0.0925 e. The number of rotatable bonds is 6. The fraction of sp³-hybridized carbons (Fsp3) is 0.194. The zero-order valence-electron chi connectivity index (χ0n) is 23.4. The van der Waals surface area contributed by atoms with Crippen LogP contribution in [-0.4, -0.2) is 23.2 Å². The highest BCUT2D eigenvalue weighted by Crippen LogP contribution is 2.39. The molecule has 0 amide bonds. The van der Waals surface area contributed by atoms with E-state index in [1.807, 2.05) is 12.1 Å². The first-order valence-corrected chi connectivity index (χ1v) is 13.7. The number of allylic oxidation sites excluding steroid dienone is 1. The number of aryl methyl sites for hydroxylation is 3.